The van der Waals surface area contributed by atoms with Gasteiger partial charge in [0.25, 0.3) is 0 Å². The van der Waals surface area contributed by atoms with Crippen LogP contribution in [-0.4, -0.2) is 42.9 Å². The molecule has 0 aromatic heterocycles. The van der Waals surface area contributed by atoms with Crippen molar-refractivity contribution in [2.75, 3.05) is 4.90 Å². The van der Waals surface area contributed by atoms with Gasteiger partial charge in [-0.25, -0.2) is 0 Å². The summed E-state index contributed by atoms with van der Waals surface area (Å²) in [5.41, 5.74) is 3.67. The quantitative estimate of drug-likeness (QED) is 0.310. The molecule has 2 fully saturated rings. The number of aldehydes is 1. The normalized spacial score (nSPS) is 20.7. The molecule has 5 rings (SSSR count). The van der Waals surface area contributed by atoms with Crippen LogP contribution < -0.4 is 15.8 Å². The van der Waals surface area contributed by atoms with Gasteiger partial charge >= 0.3 is 14.2 Å². The fourth-order valence-electron chi connectivity index (χ4n) is 4.70. The molecule has 0 unspecified atom stereocenters. The molecular weight excluding hydrogens is 488 g/mol. The monoisotopic (exact) mass is 525 g/mol. The maximum Gasteiger partial charge on any atom is 0.494 e. The first-order chi connectivity index (χ1) is 18.2. The number of hydrogen-bond acceptors (Lipinski definition) is 6. The first kappa shape index (κ1) is 27.7. The summed E-state index contributed by atoms with van der Waals surface area (Å²) in [6, 6.07) is 23.9. The lowest BCUT2D eigenvalue weighted by Gasteiger charge is -2.32. The Labute approximate surface area is 232 Å². The maximum atomic E-state index is 11.6. The van der Waals surface area contributed by atoms with E-state index in [1.807, 2.05) is 42.5 Å². The van der Waals surface area contributed by atoms with Crippen LogP contribution >= 0.6 is 0 Å². The van der Waals surface area contributed by atoms with Crippen molar-refractivity contribution in [3.05, 3.63) is 78.4 Å². The fourth-order valence-corrected chi connectivity index (χ4v) is 4.70. The van der Waals surface area contributed by atoms with Crippen LogP contribution in [0, 0.1) is 0 Å². The minimum atomic E-state index is -0.435. The third-order valence-corrected chi connectivity index (χ3v) is 8.62. The molecule has 0 aliphatic carbocycles. The van der Waals surface area contributed by atoms with Gasteiger partial charge in [-0.2, -0.15) is 0 Å². The molecule has 2 aliphatic rings. The third kappa shape index (κ3) is 5.07. The molecule has 0 saturated carbocycles. The Hall–Kier alpha value is -2.90. The van der Waals surface area contributed by atoms with Crippen molar-refractivity contribution in [3.8, 4) is 0 Å². The van der Waals surface area contributed by atoms with Crippen LogP contribution in [0.1, 0.15) is 65.7 Å². The van der Waals surface area contributed by atoms with E-state index in [1.54, 1.807) is 6.07 Å². The maximum absolute atomic E-state index is 11.6. The standard InChI is InChI=1S/C31H37B2NO5/c1-28(2)29(3,4)37-32(36-28)23-12-16-25(17-13-23)34(27-11-9-10-22(20-27)21-35)26-18-14-24(15-19-26)33-38-30(5,6)31(7,8)39-33/h9-21H,1-8H3. The highest BCUT2D eigenvalue weighted by atomic mass is 16.7. The largest absolute Gasteiger partial charge is 0.494 e. The highest BCUT2D eigenvalue weighted by Crippen LogP contribution is 2.39. The minimum Gasteiger partial charge on any atom is -0.399 e. The van der Waals surface area contributed by atoms with E-state index in [9.17, 15) is 4.79 Å². The lowest BCUT2D eigenvalue weighted by molar-refractivity contribution is 0.00578. The zero-order chi connectivity index (χ0) is 28.2. The van der Waals surface area contributed by atoms with Crippen molar-refractivity contribution in [2.45, 2.75) is 77.8 Å². The van der Waals surface area contributed by atoms with E-state index in [0.717, 1.165) is 34.3 Å². The van der Waals surface area contributed by atoms with Crippen molar-refractivity contribution in [1.29, 1.82) is 0 Å². The third-order valence-electron chi connectivity index (χ3n) is 8.62. The Morgan fingerprint density at radius 1 is 0.564 bits per heavy atom. The van der Waals surface area contributed by atoms with E-state index in [4.69, 9.17) is 18.6 Å². The smallest absolute Gasteiger partial charge is 0.399 e. The molecule has 2 heterocycles. The van der Waals surface area contributed by atoms with Gasteiger partial charge in [-0.15, -0.1) is 0 Å². The van der Waals surface area contributed by atoms with Gasteiger partial charge in [0, 0.05) is 22.6 Å². The number of carbonyl (C=O) groups excluding carboxylic acids is 1. The van der Waals surface area contributed by atoms with Crippen LogP contribution in [0.2, 0.25) is 0 Å². The van der Waals surface area contributed by atoms with Crippen LogP contribution in [0.3, 0.4) is 0 Å². The molecule has 0 amide bonds. The Kier molecular flexibility index (Phi) is 6.83. The first-order valence-electron chi connectivity index (χ1n) is 13.5. The molecule has 3 aromatic carbocycles. The van der Waals surface area contributed by atoms with E-state index in [-0.39, 0.29) is 0 Å². The van der Waals surface area contributed by atoms with Crippen molar-refractivity contribution >= 4 is 48.5 Å². The van der Waals surface area contributed by atoms with Crippen molar-refractivity contribution < 1.29 is 23.4 Å². The number of anilines is 3. The SMILES string of the molecule is CC1(C)OB(c2ccc(N(c3ccc(B4OC(C)(C)C(C)(C)O4)cc3)c3cccc(C=O)c3)cc2)OC1(C)C. The van der Waals surface area contributed by atoms with E-state index in [0.29, 0.717) is 5.56 Å². The summed E-state index contributed by atoms with van der Waals surface area (Å²) < 4.78 is 25.0. The van der Waals surface area contributed by atoms with Crippen molar-refractivity contribution in [1.82, 2.24) is 0 Å². The summed E-state index contributed by atoms with van der Waals surface area (Å²) in [7, 11) is -0.870. The Balaban J connectivity index is 1.47. The second-order valence-corrected chi connectivity index (χ2v) is 12.4. The van der Waals surface area contributed by atoms with Gasteiger partial charge in [0.05, 0.1) is 22.4 Å². The average molecular weight is 525 g/mol. The van der Waals surface area contributed by atoms with Crippen LogP contribution in [0.4, 0.5) is 17.1 Å². The zero-order valence-corrected chi connectivity index (χ0v) is 24.1. The molecule has 39 heavy (non-hydrogen) atoms. The second kappa shape index (κ2) is 9.63. The van der Waals surface area contributed by atoms with E-state index < -0.39 is 36.6 Å². The van der Waals surface area contributed by atoms with Crippen molar-refractivity contribution in [3.63, 3.8) is 0 Å². The summed E-state index contributed by atoms with van der Waals surface area (Å²) in [5.74, 6) is 0. The molecule has 2 aliphatic heterocycles. The van der Waals surface area contributed by atoms with Crippen LogP contribution in [0.15, 0.2) is 72.8 Å². The Morgan fingerprint density at radius 2 is 0.949 bits per heavy atom. The molecule has 202 valence electrons. The molecule has 0 bridgehead atoms. The molecule has 0 radical (unpaired) electrons. The van der Waals surface area contributed by atoms with E-state index in [2.05, 4.69) is 84.6 Å². The van der Waals surface area contributed by atoms with Crippen LogP contribution in [0.25, 0.3) is 0 Å². The fraction of sp³-hybridized carbons (Fsp3) is 0.387. The molecule has 0 spiro atoms. The van der Waals surface area contributed by atoms with Gasteiger partial charge in [-0.05, 0) is 103 Å². The lowest BCUT2D eigenvalue weighted by Crippen LogP contribution is -2.41. The number of carbonyl (C=O) groups is 1. The van der Waals surface area contributed by atoms with Crippen LogP contribution in [0.5, 0.6) is 0 Å². The average Bonchev–Trinajstić information content (AvgIpc) is 3.24. The van der Waals surface area contributed by atoms with Gasteiger partial charge < -0.3 is 23.5 Å². The summed E-state index contributed by atoms with van der Waals surface area (Å²) in [4.78, 5) is 13.7. The van der Waals surface area contributed by atoms with Crippen LogP contribution in [-0.2, 0) is 18.6 Å². The predicted molar refractivity (Wildman–Crippen MR) is 158 cm³/mol. The predicted octanol–water partition coefficient (Wildman–Crippen LogP) is 5.57. The lowest BCUT2D eigenvalue weighted by atomic mass is 9.79. The summed E-state index contributed by atoms with van der Waals surface area (Å²) in [6.45, 7) is 16.4. The van der Waals surface area contributed by atoms with Gasteiger partial charge in [0.2, 0.25) is 0 Å². The highest BCUT2D eigenvalue weighted by Gasteiger charge is 2.52. The molecular formula is C31H37B2NO5. The molecule has 0 N–H and O–H groups in total. The molecule has 2 saturated heterocycles. The van der Waals surface area contributed by atoms with Gasteiger partial charge in [0.1, 0.15) is 6.29 Å². The Morgan fingerprint density at radius 3 is 1.31 bits per heavy atom. The summed E-state index contributed by atoms with van der Waals surface area (Å²) >= 11 is 0. The minimum absolute atomic E-state index is 0.406. The van der Waals surface area contributed by atoms with Crippen molar-refractivity contribution in [2.24, 2.45) is 0 Å². The van der Waals surface area contributed by atoms with E-state index >= 15 is 0 Å². The molecule has 8 heteroatoms. The number of nitrogens with zero attached hydrogens (tertiary/aromatic N) is 1. The summed E-state index contributed by atoms with van der Waals surface area (Å²) in [6.07, 6.45) is 0.865. The van der Waals surface area contributed by atoms with Gasteiger partial charge in [-0.1, -0.05) is 36.4 Å². The van der Waals surface area contributed by atoms with Gasteiger partial charge in [-0.3, -0.25) is 4.79 Å². The van der Waals surface area contributed by atoms with Gasteiger partial charge in [0.15, 0.2) is 0 Å². The number of benzene rings is 3. The summed E-state index contributed by atoms with van der Waals surface area (Å²) in [5, 5.41) is 0. The second-order valence-electron chi connectivity index (χ2n) is 12.4. The topological polar surface area (TPSA) is 57.2 Å². The first-order valence-corrected chi connectivity index (χ1v) is 13.5. The molecule has 6 nitrogen and oxygen atoms in total. The zero-order valence-electron chi connectivity index (χ0n) is 24.1. The Bertz CT molecular complexity index is 1240. The number of hydrogen-bond donors (Lipinski definition) is 0. The number of rotatable bonds is 6. The molecule has 0 atom stereocenters. The van der Waals surface area contributed by atoms with E-state index in [1.165, 1.54) is 0 Å². The molecule has 3 aromatic rings. The highest BCUT2D eigenvalue weighted by molar-refractivity contribution is 6.62.